The molecule has 1 aromatic carbocycles. The third-order valence-corrected chi connectivity index (χ3v) is 9.50. The highest BCUT2D eigenvalue weighted by Crippen LogP contribution is 2.26. The third kappa shape index (κ3) is 6.00. The summed E-state index contributed by atoms with van der Waals surface area (Å²) in [6.45, 7) is 7.24. The lowest BCUT2D eigenvalue weighted by molar-refractivity contribution is -0.123. The van der Waals surface area contributed by atoms with E-state index in [1.54, 1.807) is 17.5 Å². The highest BCUT2D eigenvalue weighted by molar-refractivity contribution is 7.91. The van der Waals surface area contributed by atoms with Gasteiger partial charge >= 0.3 is 0 Å². The van der Waals surface area contributed by atoms with Gasteiger partial charge in [-0.2, -0.15) is 4.31 Å². The maximum Gasteiger partial charge on any atom is 0.252 e. The first-order valence-corrected chi connectivity index (χ1v) is 13.7. The summed E-state index contributed by atoms with van der Waals surface area (Å²) < 4.78 is 32.8. The molecule has 1 aromatic heterocycles. The van der Waals surface area contributed by atoms with Crippen LogP contribution in [-0.2, 0) is 19.6 Å². The number of sulfonamides is 1. The minimum absolute atomic E-state index is 0.0359. The van der Waals surface area contributed by atoms with Gasteiger partial charge in [0.25, 0.3) is 10.0 Å². The highest BCUT2D eigenvalue weighted by atomic mass is 32.2. The van der Waals surface area contributed by atoms with Crippen LogP contribution in [0.5, 0.6) is 0 Å². The van der Waals surface area contributed by atoms with Crippen LogP contribution in [0, 0.1) is 0 Å². The topological polar surface area (TPSA) is 82.2 Å². The minimum atomic E-state index is -3.44. The number of morpholine rings is 1. The summed E-state index contributed by atoms with van der Waals surface area (Å²) >= 11 is 1.24. The van der Waals surface area contributed by atoms with Crippen molar-refractivity contribution in [3.63, 3.8) is 0 Å². The molecule has 2 fully saturated rings. The van der Waals surface area contributed by atoms with Crippen molar-refractivity contribution in [3.8, 4) is 0 Å². The number of carbonyl (C=O) groups excluding carboxylic acids is 1. The zero-order valence-electron chi connectivity index (χ0n) is 18.9. The van der Waals surface area contributed by atoms with Crippen LogP contribution in [0.15, 0.2) is 52.1 Å². The van der Waals surface area contributed by atoms with Crippen LogP contribution in [-0.4, -0.2) is 93.5 Å². The summed E-state index contributed by atoms with van der Waals surface area (Å²) in [5.41, 5.74) is 1.18. The number of thiophene rings is 1. The molecule has 8 nitrogen and oxygen atoms in total. The van der Waals surface area contributed by atoms with Gasteiger partial charge in [0.05, 0.1) is 25.8 Å². The van der Waals surface area contributed by atoms with E-state index in [2.05, 4.69) is 29.3 Å². The lowest BCUT2D eigenvalue weighted by Crippen LogP contribution is -2.53. The van der Waals surface area contributed by atoms with Crippen molar-refractivity contribution in [3.05, 3.63) is 53.4 Å². The molecule has 0 bridgehead atoms. The summed E-state index contributed by atoms with van der Waals surface area (Å²) in [6, 6.07) is 13.7. The van der Waals surface area contributed by atoms with E-state index in [1.165, 1.54) is 21.2 Å². The van der Waals surface area contributed by atoms with E-state index in [0.29, 0.717) is 43.6 Å². The number of carbonyl (C=O) groups is 1. The van der Waals surface area contributed by atoms with E-state index in [9.17, 15) is 13.2 Å². The first-order valence-electron chi connectivity index (χ1n) is 11.4. The summed E-state index contributed by atoms with van der Waals surface area (Å²) in [5, 5.41) is 4.97. The van der Waals surface area contributed by atoms with Crippen molar-refractivity contribution >= 4 is 27.3 Å². The maximum atomic E-state index is 12.9. The van der Waals surface area contributed by atoms with Gasteiger partial charge in [0.15, 0.2) is 0 Å². The molecule has 2 saturated heterocycles. The van der Waals surface area contributed by atoms with E-state index in [4.69, 9.17) is 4.74 Å². The Hall–Kier alpha value is -1.82. The predicted molar refractivity (Wildman–Crippen MR) is 129 cm³/mol. The number of rotatable bonds is 8. The van der Waals surface area contributed by atoms with Crippen LogP contribution < -0.4 is 5.32 Å². The molecule has 2 aromatic rings. The number of nitrogens with zero attached hydrogens (tertiary/aromatic N) is 3. The molecule has 0 spiro atoms. The average Bonchev–Trinajstić information content (AvgIpc) is 3.37. The molecular formula is C23H32N4O4S2. The van der Waals surface area contributed by atoms with Crippen LogP contribution >= 0.6 is 11.3 Å². The number of hydrogen-bond donors (Lipinski definition) is 1. The molecule has 0 radical (unpaired) electrons. The molecule has 10 heteroatoms. The lowest BCUT2D eigenvalue weighted by atomic mass is 9.98. The largest absolute Gasteiger partial charge is 0.379 e. The van der Waals surface area contributed by atoms with Crippen LogP contribution in [0.3, 0.4) is 0 Å². The van der Waals surface area contributed by atoms with Crippen molar-refractivity contribution < 1.29 is 17.9 Å². The Bertz CT molecular complexity index is 987. The Kier molecular flexibility index (Phi) is 8.15. The fourth-order valence-corrected chi connectivity index (χ4v) is 7.14. The van der Waals surface area contributed by atoms with Gasteiger partial charge < -0.3 is 10.1 Å². The fourth-order valence-electron chi connectivity index (χ4n) is 4.57. The lowest BCUT2D eigenvalue weighted by Gasteiger charge is -2.39. The predicted octanol–water partition coefficient (Wildman–Crippen LogP) is 1.63. The Morgan fingerprint density at radius 1 is 1.03 bits per heavy atom. The van der Waals surface area contributed by atoms with E-state index >= 15 is 0 Å². The molecule has 1 N–H and O–H groups in total. The van der Waals surface area contributed by atoms with E-state index < -0.39 is 10.0 Å². The van der Waals surface area contributed by atoms with Gasteiger partial charge in [0.2, 0.25) is 5.91 Å². The standard InChI is InChI=1S/C23H32N4O4S2/c1-19(23(20-6-3-2-4-7-20)26-13-15-31-16-14-26)24-21(28)18-25-9-11-27(12-10-25)33(29,30)22-8-5-17-32-22/h2-8,17,19,23H,9-16,18H2,1H3,(H,24,28). The number of nitrogens with one attached hydrogen (secondary N) is 1. The number of piperazine rings is 1. The van der Waals surface area contributed by atoms with Crippen molar-refractivity contribution in [1.82, 2.24) is 19.4 Å². The van der Waals surface area contributed by atoms with E-state index in [0.717, 1.165) is 13.1 Å². The molecule has 4 rings (SSSR count). The highest BCUT2D eigenvalue weighted by Gasteiger charge is 2.31. The van der Waals surface area contributed by atoms with Crippen LogP contribution in [0.4, 0.5) is 0 Å². The van der Waals surface area contributed by atoms with E-state index in [-0.39, 0.29) is 24.5 Å². The number of hydrogen-bond acceptors (Lipinski definition) is 7. The molecule has 0 aliphatic carbocycles. The molecule has 2 unspecified atom stereocenters. The molecular weight excluding hydrogens is 460 g/mol. The zero-order chi connectivity index (χ0) is 23.3. The summed E-state index contributed by atoms with van der Waals surface area (Å²) in [4.78, 5) is 17.3. The normalized spacial score (nSPS) is 20.9. The van der Waals surface area contributed by atoms with Gasteiger partial charge in [-0.3, -0.25) is 14.6 Å². The van der Waals surface area contributed by atoms with Crippen molar-refractivity contribution in [2.45, 2.75) is 23.2 Å². The maximum absolute atomic E-state index is 12.9. The smallest absolute Gasteiger partial charge is 0.252 e. The first-order chi connectivity index (χ1) is 15.9. The second-order valence-corrected chi connectivity index (χ2v) is 11.6. The number of ether oxygens (including phenoxy) is 1. The molecule has 33 heavy (non-hydrogen) atoms. The van der Waals surface area contributed by atoms with E-state index in [1.807, 2.05) is 23.1 Å². The second-order valence-electron chi connectivity index (χ2n) is 8.47. The third-order valence-electron chi connectivity index (χ3n) is 6.23. The monoisotopic (exact) mass is 492 g/mol. The molecule has 180 valence electrons. The van der Waals surface area contributed by atoms with Gasteiger partial charge in [-0.25, -0.2) is 8.42 Å². The van der Waals surface area contributed by atoms with Gasteiger partial charge in [-0.15, -0.1) is 11.3 Å². The Morgan fingerprint density at radius 2 is 1.73 bits per heavy atom. The van der Waals surface area contributed by atoms with Gasteiger partial charge in [-0.05, 0) is 23.9 Å². The molecule has 0 saturated carbocycles. The molecule has 2 atom stereocenters. The first kappa shape index (κ1) is 24.3. The van der Waals surface area contributed by atoms with Crippen LogP contribution in [0.25, 0.3) is 0 Å². The van der Waals surface area contributed by atoms with Gasteiger partial charge in [-0.1, -0.05) is 36.4 Å². The Morgan fingerprint density at radius 3 is 2.36 bits per heavy atom. The quantitative estimate of drug-likeness (QED) is 0.603. The average molecular weight is 493 g/mol. The molecule has 2 aliphatic rings. The SMILES string of the molecule is CC(NC(=O)CN1CCN(S(=O)(=O)c2cccs2)CC1)C(c1ccccc1)N1CCOCC1. The molecule has 3 heterocycles. The zero-order valence-corrected chi connectivity index (χ0v) is 20.6. The van der Waals surface area contributed by atoms with Crippen molar-refractivity contribution in [2.24, 2.45) is 0 Å². The number of amides is 1. The van der Waals surface area contributed by atoms with Crippen molar-refractivity contribution in [1.29, 1.82) is 0 Å². The summed E-state index contributed by atoms with van der Waals surface area (Å²) in [5.74, 6) is -0.0359. The van der Waals surface area contributed by atoms with Gasteiger partial charge in [0.1, 0.15) is 4.21 Å². The molecule has 2 aliphatic heterocycles. The Balaban J connectivity index is 1.32. The minimum Gasteiger partial charge on any atom is -0.379 e. The van der Waals surface area contributed by atoms with Crippen LogP contribution in [0.2, 0.25) is 0 Å². The van der Waals surface area contributed by atoms with Crippen molar-refractivity contribution in [2.75, 3.05) is 59.0 Å². The molecule has 1 amide bonds. The fraction of sp³-hybridized carbons (Fsp3) is 0.522. The second kappa shape index (κ2) is 11.1. The van der Waals surface area contributed by atoms with Gasteiger partial charge in [0, 0.05) is 45.3 Å². The summed E-state index contributed by atoms with van der Waals surface area (Å²) in [7, 11) is -3.44. The summed E-state index contributed by atoms with van der Waals surface area (Å²) in [6.07, 6.45) is 0. The van der Waals surface area contributed by atoms with Crippen LogP contribution in [0.1, 0.15) is 18.5 Å². The Labute approximate surface area is 200 Å². The number of benzene rings is 1.